The van der Waals surface area contributed by atoms with E-state index < -0.39 is 0 Å². The van der Waals surface area contributed by atoms with E-state index in [9.17, 15) is 4.79 Å². The summed E-state index contributed by atoms with van der Waals surface area (Å²) in [4.78, 5) is 11.4. The SMILES string of the molecule is C=CNCCCC(C)CC(=O)C=C(C)N. The maximum atomic E-state index is 11.4. The minimum Gasteiger partial charge on any atom is -0.402 e. The van der Waals surface area contributed by atoms with Crippen LogP contribution < -0.4 is 11.1 Å². The fraction of sp³-hybridized carbons (Fsp3) is 0.583. The summed E-state index contributed by atoms with van der Waals surface area (Å²) in [5.74, 6) is 0.541. The van der Waals surface area contributed by atoms with Crippen LogP contribution in [0.15, 0.2) is 24.6 Å². The van der Waals surface area contributed by atoms with Gasteiger partial charge in [-0.3, -0.25) is 4.79 Å². The summed E-state index contributed by atoms with van der Waals surface area (Å²) in [6, 6.07) is 0. The number of allylic oxidation sites excluding steroid dienone is 2. The van der Waals surface area contributed by atoms with Crippen LogP contribution in [0.3, 0.4) is 0 Å². The molecule has 0 aliphatic heterocycles. The van der Waals surface area contributed by atoms with Gasteiger partial charge in [-0.15, -0.1) is 0 Å². The van der Waals surface area contributed by atoms with Crippen LogP contribution in [-0.4, -0.2) is 12.3 Å². The third-order valence-corrected chi connectivity index (χ3v) is 2.10. The second-order valence-corrected chi connectivity index (χ2v) is 3.96. The highest BCUT2D eigenvalue weighted by Gasteiger charge is 2.06. The first-order chi connectivity index (χ1) is 7.06. The number of carbonyl (C=O) groups excluding carboxylic acids is 1. The van der Waals surface area contributed by atoms with Gasteiger partial charge in [-0.25, -0.2) is 0 Å². The quantitative estimate of drug-likeness (QED) is 0.475. The van der Waals surface area contributed by atoms with Gasteiger partial charge < -0.3 is 11.1 Å². The van der Waals surface area contributed by atoms with Crippen LogP contribution in [0.25, 0.3) is 0 Å². The zero-order chi connectivity index (χ0) is 11.7. The lowest BCUT2D eigenvalue weighted by Crippen LogP contribution is -2.10. The molecule has 0 saturated carbocycles. The van der Waals surface area contributed by atoms with Crippen molar-refractivity contribution in [3.63, 3.8) is 0 Å². The van der Waals surface area contributed by atoms with E-state index in [1.165, 1.54) is 6.08 Å². The van der Waals surface area contributed by atoms with Crippen LogP contribution in [0.2, 0.25) is 0 Å². The molecule has 0 aliphatic rings. The molecule has 0 aromatic carbocycles. The second kappa shape index (κ2) is 8.09. The molecule has 1 atom stereocenters. The molecule has 0 radical (unpaired) electrons. The van der Waals surface area contributed by atoms with Gasteiger partial charge in [0.15, 0.2) is 5.78 Å². The lowest BCUT2D eigenvalue weighted by atomic mass is 9.99. The Morgan fingerprint density at radius 1 is 1.60 bits per heavy atom. The average molecular weight is 210 g/mol. The predicted molar refractivity (Wildman–Crippen MR) is 64.2 cm³/mol. The number of hydrogen-bond acceptors (Lipinski definition) is 3. The zero-order valence-electron chi connectivity index (χ0n) is 9.75. The monoisotopic (exact) mass is 210 g/mol. The minimum absolute atomic E-state index is 0.124. The van der Waals surface area contributed by atoms with Crippen LogP contribution in [-0.2, 0) is 4.79 Å². The largest absolute Gasteiger partial charge is 0.402 e. The zero-order valence-corrected chi connectivity index (χ0v) is 9.75. The molecule has 0 aromatic rings. The molecule has 3 nitrogen and oxygen atoms in total. The molecule has 0 fully saturated rings. The highest BCUT2D eigenvalue weighted by Crippen LogP contribution is 2.10. The number of ketones is 1. The first-order valence-electron chi connectivity index (χ1n) is 5.37. The van der Waals surface area contributed by atoms with Crippen molar-refractivity contribution in [2.24, 2.45) is 11.7 Å². The fourth-order valence-electron chi connectivity index (χ4n) is 1.41. The first-order valence-corrected chi connectivity index (χ1v) is 5.37. The fourth-order valence-corrected chi connectivity index (χ4v) is 1.41. The smallest absolute Gasteiger partial charge is 0.157 e. The molecule has 3 N–H and O–H groups in total. The van der Waals surface area contributed by atoms with Crippen molar-refractivity contribution in [2.75, 3.05) is 6.54 Å². The average Bonchev–Trinajstić information content (AvgIpc) is 2.10. The Balaban J connectivity index is 3.64. The molecule has 3 heteroatoms. The molecule has 1 unspecified atom stereocenters. The van der Waals surface area contributed by atoms with E-state index in [0.717, 1.165) is 19.4 Å². The Morgan fingerprint density at radius 3 is 2.80 bits per heavy atom. The van der Waals surface area contributed by atoms with Crippen molar-refractivity contribution in [1.82, 2.24) is 5.32 Å². The van der Waals surface area contributed by atoms with E-state index in [-0.39, 0.29) is 5.78 Å². The molecule has 0 aliphatic carbocycles. The Morgan fingerprint density at radius 2 is 2.27 bits per heavy atom. The standard InChI is InChI=1S/C12H22N2O/c1-4-14-7-5-6-10(2)8-12(15)9-11(3)13/h4,9-10,14H,1,5-8,13H2,2-3H3. The van der Waals surface area contributed by atoms with Crippen LogP contribution in [0, 0.1) is 5.92 Å². The van der Waals surface area contributed by atoms with Crippen LogP contribution >= 0.6 is 0 Å². The van der Waals surface area contributed by atoms with E-state index in [0.29, 0.717) is 18.0 Å². The molecule has 15 heavy (non-hydrogen) atoms. The number of carbonyl (C=O) groups is 1. The van der Waals surface area contributed by atoms with Gasteiger partial charge in [-0.1, -0.05) is 13.5 Å². The van der Waals surface area contributed by atoms with Crippen LogP contribution in [0.4, 0.5) is 0 Å². The van der Waals surface area contributed by atoms with E-state index >= 15 is 0 Å². The molecule has 0 heterocycles. The van der Waals surface area contributed by atoms with Gasteiger partial charge in [0.05, 0.1) is 0 Å². The Bertz CT molecular complexity index is 230. The topological polar surface area (TPSA) is 55.1 Å². The number of rotatable bonds is 8. The highest BCUT2D eigenvalue weighted by atomic mass is 16.1. The van der Waals surface area contributed by atoms with E-state index in [1.807, 2.05) is 0 Å². The van der Waals surface area contributed by atoms with Crippen molar-refractivity contribution in [2.45, 2.75) is 33.1 Å². The van der Waals surface area contributed by atoms with Gasteiger partial charge in [0.2, 0.25) is 0 Å². The molecule has 86 valence electrons. The van der Waals surface area contributed by atoms with Crippen LogP contribution in [0.1, 0.15) is 33.1 Å². The summed E-state index contributed by atoms with van der Waals surface area (Å²) < 4.78 is 0. The van der Waals surface area contributed by atoms with Gasteiger partial charge in [-0.05, 0) is 38.0 Å². The van der Waals surface area contributed by atoms with Crippen molar-refractivity contribution in [3.8, 4) is 0 Å². The number of nitrogens with two attached hydrogens (primary N) is 1. The van der Waals surface area contributed by atoms with Gasteiger partial charge in [-0.2, -0.15) is 0 Å². The maximum Gasteiger partial charge on any atom is 0.157 e. The number of hydrogen-bond donors (Lipinski definition) is 2. The third kappa shape index (κ3) is 9.06. The molecular formula is C12H22N2O. The van der Waals surface area contributed by atoms with E-state index in [4.69, 9.17) is 5.73 Å². The van der Waals surface area contributed by atoms with E-state index in [1.54, 1.807) is 13.1 Å². The Kier molecular flexibility index (Phi) is 7.42. The second-order valence-electron chi connectivity index (χ2n) is 3.96. The summed E-state index contributed by atoms with van der Waals surface area (Å²) in [7, 11) is 0. The summed E-state index contributed by atoms with van der Waals surface area (Å²) >= 11 is 0. The molecule has 0 spiro atoms. The predicted octanol–water partition coefficient (Wildman–Crippen LogP) is 1.96. The number of nitrogens with one attached hydrogen (secondary N) is 1. The summed E-state index contributed by atoms with van der Waals surface area (Å²) in [5, 5.41) is 3.04. The summed E-state index contributed by atoms with van der Waals surface area (Å²) in [6.45, 7) is 8.32. The van der Waals surface area contributed by atoms with Gasteiger partial charge >= 0.3 is 0 Å². The van der Waals surface area contributed by atoms with Gasteiger partial charge in [0.1, 0.15) is 0 Å². The van der Waals surface area contributed by atoms with Crippen LogP contribution in [0.5, 0.6) is 0 Å². The van der Waals surface area contributed by atoms with Crippen molar-refractivity contribution >= 4 is 5.78 Å². The molecule has 0 aromatic heterocycles. The van der Waals surface area contributed by atoms with Crippen molar-refractivity contribution in [3.05, 3.63) is 24.6 Å². The summed E-state index contributed by atoms with van der Waals surface area (Å²) in [5.41, 5.74) is 6.01. The minimum atomic E-state index is 0.124. The van der Waals surface area contributed by atoms with Gasteiger partial charge in [0.25, 0.3) is 0 Å². The molecule has 0 bridgehead atoms. The molecule has 0 rings (SSSR count). The molecule has 0 amide bonds. The Labute approximate surface area is 92.4 Å². The molecular weight excluding hydrogens is 188 g/mol. The lowest BCUT2D eigenvalue weighted by Gasteiger charge is -2.08. The first kappa shape index (κ1) is 13.8. The maximum absolute atomic E-state index is 11.4. The van der Waals surface area contributed by atoms with Gasteiger partial charge in [0, 0.05) is 18.7 Å². The van der Waals surface area contributed by atoms with Crippen molar-refractivity contribution < 1.29 is 4.79 Å². The Hall–Kier alpha value is -1.25. The highest BCUT2D eigenvalue weighted by molar-refractivity contribution is 5.90. The lowest BCUT2D eigenvalue weighted by molar-refractivity contribution is -0.115. The normalized spacial score (nSPS) is 13.3. The molecule has 0 saturated heterocycles. The third-order valence-electron chi connectivity index (χ3n) is 2.10. The van der Waals surface area contributed by atoms with Crippen molar-refractivity contribution in [1.29, 1.82) is 0 Å². The van der Waals surface area contributed by atoms with E-state index in [2.05, 4.69) is 18.8 Å². The summed E-state index contributed by atoms with van der Waals surface area (Å²) in [6.07, 6.45) is 5.90.